The predicted molar refractivity (Wildman–Crippen MR) is 112 cm³/mol. The van der Waals surface area contributed by atoms with Gasteiger partial charge < -0.3 is 14.4 Å². The number of hydrogen-bond donors (Lipinski definition) is 0. The highest BCUT2D eigenvalue weighted by molar-refractivity contribution is 7.12. The standard InChI is InChI=1S/C23H23NO3S/c1-15-10-12-28-22(15)23(25)24-11-9-17-13-19(26-2)20(27-3)14-18(17)21(24)16-7-5-4-6-8-16/h4-8,10,12-14,21H,9,11H2,1-3H3. The molecule has 1 aromatic heterocycles. The molecule has 0 fully saturated rings. The van der Waals surface area contributed by atoms with Crippen molar-refractivity contribution in [3.8, 4) is 11.5 Å². The lowest BCUT2D eigenvalue weighted by Gasteiger charge is -2.38. The van der Waals surface area contributed by atoms with Crippen LogP contribution in [-0.2, 0) is 6.42 Å². The van der Waals surface area contributed by atoms with Gasteiger partial charge in [0.15, 0.2) is 11.5 Å². The minimum Gasteiger partial charge on any atom is -0.493 e. The number of amides is 1. The Hall–Kier alpha value is -2.79. The first kappa shape index (κ1) is 18.6. The lowest BCUT2D eigenvalue weighted by atomic mass is 9.87. The summed E-state index contributed by atoms with van der Waals surface area (Å²) in [6, 6.07) is 16.1. The molecule has 4 rings (SSSR count). The fourth-order valence-corrected chi connectivity index (χ4v) is 4.76. The van der Waals surface area contributed by atoms with Gasteiger partial charge in [-0.1, -0.05) is 30.3 Å². The van der Waals surface area contributed by atoms with Crippen LogP contribution < -0.4 is 9.47 Å². The summed E-state index contributed by atoms with van der Waals surface area (Å²) in [6.45, 7) is 2.66. The predicted octanol–water partition coefficient (Wildman–Crippen LogP) is 4.86. The van der Waals surface area contributed by atoms with Gasteiger partial charge in [0.2, 0.25) is 0 Å². The zero-order valence-corrected chi connectivity index (χ0v) is 17.1. The second-order valence-electron chi connectivity index (χ2n) is 6.90. The SMILES string of the molecule is COc1cc2c(cc1OC)C(c1ccccc1)N(C(=O)c1sccc1C)CC2. The zero-order valence-electron chi connectivity index (χ0n) is 16.3. The Kier molecular flexibility index (Phi) is 5.09. The molecular formula is C23H23NO3S. The summed E-state index contributed by atoms with van der Waals surface area (Å²) in [5.74, 6) is 1.49. The summed E-state index contributed by atoms with van der Waals surface area (Å²) in [5, 5.41) is 1.98. The number of ether oxygens (including phenoxy) is 2. The number of benzene rings is 2. The second-order valence-corrected chi connectivity index (χ2v) is 7.82. The number of carbonyl (C=O) groups excluding carboxylic acids is 1. The van der Waals surface area contributed by atoms with Crippen LogP contribution in [0.5, 0.6) is 11.5 Å². The second kappa shape index (κ2) is 7.68. The monoisotopic (exact) mass is 393 g/mol. The molecule has 1 aliphatic rings. The van der Waals surface area contributed by atoms with Gasteiger partial charge in [-0.15, -0.1) is 11.3 Å². The molecule has 1 aliphatic heterocycles. The average molecular weight is 394 g/mol. The molecule has 0 spiro atoms. The summed E-state index contributed by atoms with van der Waals surface area (Å²) in [5.41, 5.74) is 4.41. The summed E-state index contributed by atoms with van der Waals surface area (Å²) in [6.07, 6.45) is 0.787. The highest BCUT2D eigenvalue weighted by atomic mass is 32.1. The molecule has 4 nitrogen and oxygen atoms in total. The van der Waals surface area contributed by atoms with E-state index in [1.54, 1.807) is 14.2 Å². The molecule has 5 heteroatoms. The van der Waals surface area contributed by atoms with E-state index >= 15 is 0 Å². The van der Waals surface area contributed by atoms with Crippen LogP contribution in [0.15, 0.2) is 53.9 Å². The summed E-state index contributed by atoms with van der Waals surface area (Å²) < 4.78 is 11.0. The van der Waals surface area contributed by atoms with E-state index in [4.69, 9.17) is 9.47 Å². The molecular weight excluding hydrogens is 370 g/mol. The molecule has 3 aromatic rings. The Morgan fingerprint density at radius 2 is 1.79 bits per heavy atom. The fraction of sp³-hybridized carbons (Fsp3) is 0.261. The fourth-order valence-electron chi connectivity index (χ4n) is 3.88. The molecule has 28 heavy (non-hydrogen) atoms. The largest absolute Gasteiger partial charge is 0.493 e. The molecule has 0 bridgehead atoms. The topological polar surface area (TPSA) is 38.8 Å². The molecule has 144 valence electrons. The third kappa shape index (κ3) is 3.16. The van der Waals surface area contributed by atoms with Crippen molar-refractivity contribution in [2.45, 2.75) is 19.4 Å². The van der Waals surface area contributed by atoms with Crippen molar-refractivity contribution in [1.29, 1.82) is 0 Å². The Balaban J connectivity index is 1.86. The van der Waals surface area contributed by atoms with Gasteiger partial charge in [0.05, 0.1) is 25.1 Å². The Labute approximate surface area is 169 Å². The van der Waals surface area contributed by atoms with Crippen LogP contribution >= 0.6 is 11.3 Å². The van der Waals surface area contributed by atoms with Crippen LogP contribution in [0.1, 0.15) is 38.0 Å². The minimum atomic E-state index is -0.154. The Morgan fingerprint density at radius 3 is 2.43 bits per heavy atom. The summed E-state index contributed by atoms with van der Waals surface area (Å²) in [4.78, 5) is 16.2. The highest BCUT2D eigenvalue weighted by Gasteiger charge is 2.34. The molecule has 0 saturated heterocycles. The first-order valence-corrected chi connectivity index (χ1v) is 10.2. The van der Waals surface area contributed by atoms with Crippen molar-refractivity contribution in [1.82, 2.24) is 4.90 Å². The number of nitrogens with zero attached hydrogens (tertiary/aromatic N) is 1. The average Bonchev–Trinajstić information content (AvgIpc) is 3.17. The number of carbonyl (C=O) groups is 1. The van der Waals surface area contributed by atoms with Gasteiger partial charge in [0, 0.05) is 6.54 Å². The minimum absolute atomic E-state index is 0.0850. The quantitative estimate of drug-likeness (QED) is 0.635. The van der Waals surface area contributed by atoms with Crippen molar-refractivity contribution in [2.75, 3.05) is 20.8 Å². The lowest BCUT2D eigenvalue weighted by molar-refractivity contribution is 0.0698. The van der Waals surface area contributed by atoms with Crippen LogP contribution in [0.2, 0.25) is 0 Å². The molecule has 1 unspecified atom stereocenters. The van der Waals surface area contributed by atoms with Gasteiger partial charge in [-0.25, -0.2) is 0 Å². The van der Waals surface area contributed by atoms with Crippen molar-refractivity contribution in [2.24, 2.45) is 0 Å². The summed E-state index contributed by atoms with van der Waals surface area (Å²) in [7, 11) is 3.29. The van der Waals surface area contributed by atoms with Gasteiger partial charge in [-0.2, -0.15) is 0 Å². The first-order valence-electron chi connectivity index (χ1n) is 9.29. The molecule has 2 heterocycles. The number of methoxy groups -OCH3 is 2. The van der Waals surface area contributed by atoms with Crippen LogP contribution in [0.25, 0.3) is 0 Å². The maximum absolute atomic E-state index is 13.4. The third-order valence-electron chi connectivity index (χ3n) is 5.31. The van der Waals surface area contributed by atoms with E-state index in [1.165, 1.54) is 16.9 Å². The molecule has 1 atom stereocenters. The van der Waals surface area contributed by atoms with Gasteiger partial charge >= 0.3 is 0 Å². The Morgan fingerprint density at radius 1 is 1.07 bits per heavy atom. The van der Waals surface area contributed by atoms with Gasteiger partial charge in [0.1, 0.15) is 0 Å². The zero-order chi connectivity index (χ0) is 19.7. The molecule has 0 radical (unpaired) electrons. The highest BCUT2D eigenvalue weighted by Crippen LogP contribution is 2.41. The lowest BCUT2D eigenvalue weighted by Crippen LogP contribution is -2.40. The van der Waals surface area contributed by atoms with Crippen molar-refractivity contribution in [3.63, 3.8) is 0 Å². The molecule has 0 saturated carbocycles. The maximum atomic E-state index is 13.4. The molecule has 0 N–H and O–H groups in total. The van der Waals surface area contributed by atoms with Crippen LogP contribution in [0, 0.1) is 6.92 Å². The molecule has 0 aliphatic carbocycles. The van der Waals surface area contributed by atoms with Crippen molar-refractivity contribution >= 4 is 17.2 Å². The van der Waals surface area contributed by atoms with Crippen molar-refractivity contribution < 1.29 is 14.3 Å². The first-order chi connectivity index (χ1) is 13.6. The van der Waals surface area contributed by atoms with Crippen LogP contribution in [0.4, 0.5) is 0 Å². The number of fused-ring (bicyclic) bond motifs is 1. The van der Waals surface area contributed by atoms with Crippen LogP contribution in [-0.4, -0.2) is 31.6 Å². The van der Waals surface area contributed by atoms with Gasteiger partial charge in [-0.3, -0.25) is 4.79 Å². The van der Waals surface area contributed by atoms with E-state index in [-0.39, 0.29) is 11.9 Å². The number of aryl methyl sites for hydroxylation is 1. The maximum Gasteiger partial charge on any atom is 0.264 e. The normalized spacial score (nSPS) is 15.8. The van der Waals surface area contributed by atoms with E-state index in [2.05, 4.69) is 12.1 Å². The van der Waals surface area contributed by atoms with E-state index < -0.39 is 0 Å². The number of thiophene rings is 1. The third-order valence-corrected chi connectivity index (χ3v) is 6.31. The van der Waals surface area contributed by atoms with E-state index in [0.29, 0.717) is 12.3 Å². The van der Waals surface area contributed by atoms with Crippen molar-refractivity contribution in [3.05, 3.63) is 81.0 Å². The smallest absolute Gasteiger partial charge is 0.264 e. The Bertz CT molecular complexity index is 996. The number of hydrogen-bond acceptors (Lipinski definition) is 4. The van der Waals surface area contributed by atoms with Gasteiger partial charge in [-0.05, 0) is 59.2 Å². The molecule has 2 aromatic carbocycles. The number of rotatable bonds is 4. The van der Waals surface area contributed by atoms with Gasteiger partial charge in [0.25, 0.3) is 5.91 Å². The van der Waals surface area contributed by atoms with E-state index in [9.17, 15) is 4.79 Å². The van der Waals surface area contributed by atoms with E-state index in [0.717, 1.165) is 33.7 Å². The molecule has 1 amide bonds. The van der Waals surface area contributed by atoms with Crippen LogP contribution in [0.3, 0.4) is 0 Å². The summed E-state index contributed by atoms with van der Waals surface area (Å²) >= 11 is 1.51. The van der Waals surface area contributed by atoms with E-state index in [1.807, 2.05) is 53.6 Å².